The summed E-state index contributed by atoms with van der Waals surface area (Å²) < 4.78 is 5.65. The summed E-state index contributed by atoms with van der Waals surface area (Å²) in [5.41, 5.74) is 2.53. The topological polar surface area (TPSA) is 21.3 Å². The molecule has 0 aliphatic rings. The molecule has 0 spiro atoms. The van der Waals surface area contributed by atoms with Crippen molar-refractivity contribution in [2.24, 2.45) is 0 Å². The van der Waals surface area contributed by atoms with E-state index in [-0.39, 0.29) is 6.10 Å². The molecule has 1 atom stereocenters. The zero-order chi connectivity index (χ0) is 10.4. The molecule has 0 fully saturated rings. The molecule has 2 nitrogen and oxygen atoms in total. The van der Waals surface area contributed by atoms with Crippen molar-refractivity contribution in [1.82, 2.24) is 5.32 Å². The van der Waals surface area contributed by atoms with Crippen molar-refractivity contribution in [3.8, 4) is 0 Å². The molecular formula is C12H19NO. The van der Waals surface area contributed by atoms with E-state index >= 15 is 0 Å². The summed E-state index contributed by atoms with van der Waals surface area (Å²) in [6.07, 6.45) is 0.172. The number of aryl methyl sites for hydroxylation is 1. The van der Waals surface area contributed by atoms with Crippen molar-refractivity contribution in [2.45, 2.75) is 20.0 Å². The Kier molecular flexibility index (Phi) is 4.63. The second kappa shape index (κ2) is 5.78. The van der Waals surface area contributed by atoms with Crippen LogP contribution in [0.25, 0.3) is 0 Å². The highest BCUT2D eigenvalue weighted by molar-refractivity contribution is 5.23. The van der Waals surface area contributed by atoms with Gasteiger partial charge in [0, 0.05) is 13.2 Å². The molecule has 1 rings (SSSR count). The van der Waals surface area contributed by atoms with Gasteiger partial charge in [0.25, 0.3) is 0 Å². The van der Waals surface area contributed by atoms with Gasteiger partial charge in [0.05, 0.1) is 6.10 Å². The van der Waals surface area contributed by atoms with Crippen LogP contribution in [0.15, 0.2) is 24.3 Å². The van der Waals surface area contributed by atoms with Gasteiger partial charge in [-0.3, -0.25) is 0 Å². The highest BCUT2D eigenvalue weighted by Crippen LogP contribution is 2.16. The maximum atomic E-state index is 5.65. The van der Waals surface area contributed by atoms with E-state index in [2.05, 4.69) is 36.5 Å². The van der Waals surface area contributed by atoms with Gasteiger partial charge in [-0.05, 0) is 26.5 Å². The van der Waals surface area contributed by atoms with Crippen LogP contribution in [0.3, 0.4) is 0 Å². The zero-order valence-electron chi connectivity index (χ0n) is 9.21. The minimum atomic E-state index is 0.172. The fraction of sp³-hybridized carbons (Fsp3) is 0.500. The van der Waals surface area contributed by atoms with Crippen molar-refractivity contribution in [3.63, 3.8) is 0 Å². The number of nitrogens with one attached hydrogen (secondary N) is 1. The normalized spacial score (nSPS) is 12.8. The number of likely N-dealkylation sites (N-methyl/N-ethyl adjacent to an activating group) is 1. The van der Waals surface area contributed by atoms with E-state index < -0.39 is 0 Å². The molecule has 1 aromatic rings. The lowest BCUT2D eigenvalue weighted by molar-refractivity contribution is 0.0638. The average Bonchev–Trinajstić information content (AvgIpc) is 2.19. The van der Waals surface area contributed by atoms with E-state index in [0.29, 0.717) is 0 Å². The monoisotopic (exact) mass is 193 g/mol. The van der Waals surface area contributed by atoms with Gasteiger partial charge >= 0.3 is 0 Å². The molecule has 1 N–H and O–H groups in total. The number of hydrogen-bond acceptors (Lipinski definition) is 2. The average molecular weight is 193 g/mol. The van der Waals surface area contributed by atoms with Gasteiger partial charge in [-0.2, -0.15) is 0 Å². The van der Waals surface area contributed by atoms with Crippen LogP contribution in [0.2, 0.25) is 0 Å². The van der Waals surface area contributed by atoms with E-state index in [1.807, 2.05) is 14.0 Å². The minimum Gasteiger partial charge on any atom is -0.372 e. The van der Waals surface area contributed by atoms with Crippen LogP contribution in [0.4, 0.5) is 0 Å². The molecule has 0 unspecified atom stereocenters. The predicted molar refractivity (Wildman–Crippen MR) is 59.5 cm³/mol. The first-order chi connectivity index (χ1) is 6.77. The second-order valence-corrected chi connectivity index (χ2v) is 3.41. The molecule has 0 heterocycles. The lowest BCUT2D eigenvalue weighted by Gasteiger charge is -2.17. The molecule has 0 aliphatic carbocycles. The third kappa shape index (κ3) is 3.13. The van der Waals surface area contributed by atoms with Gasteiger partial charge in [-0.1, -0.05) is 29.8 Å². The molecule has 0 aromatic heterocycles. The Labute approximate surface area is 86.3 Å². The summed E-state index contributed by atoms with van der Waals surface area (Å²) in [7, 11) is 1.94. The van der Waals surface area contributed by atoms with Gasteiger partial charge in [0.2, 0.25) is 0 Å². The predicted octanol–water partition coefficient (Wildman–Crippen LogP) is 2.29. The number of ether oxygens (including phenoxy) is 1. The van der Waals surface area contributed by atoms with Gasteiger partial charge in [-0.15, -0.1) is 0 Å². The molecule has 0 bridgehead atoms. The lowest BCUT2D eigenvalue weighted by Crippen LogP contribution is -2.19. The highest BCUT2D eigenvalue weighted by atomic mass is 16.5. The summed E-state index contributed by atoms with van der Waals surface area (Å²) >= 11 is 0. The Hall–Kier alpha value is -0.860. The molecule has 14 heavy (non-hydrogen) atoms. The number of hydrogen-bond donors (Lipinski definition) is 1. The molecule has 1 aromatic carbocycles. The number of benzene rings is 1. The summed E-state index contributed by atoms with van der Waals surface area (Å²) in [4.78, 5) is 0. The van der Waals surface area contributed by atoms with Crippen LogP contribution in [0.5, 0.6) is 0 Å². The Morgan fingerprint density at radius 1 is 1.29 bits per heavy atom. The summed E-state index contributed by atoms with van der Waals surface area (Å²) in [6, 6.07) is 8.51. The fourth-order valence-electron chi connectivity index (χ4n) is 1.44. The third-order valence-corrected chi connectivity index (χ3v) is 2.21. The molecule has 0 amide bonds. The first-order valence-corrected chi connectivity index (χ1v) is 5.10. The van der Waals surface area contributed by atoms with E-state index in [0.717, 1.165) is 13.2 Å². The first-order valence-electron chi connectivity index (χ1n) is 5.10. The summed E-state index contributed by atoms with van der Waals surface area (Å²) in [5.74, 6) is 0. The standard InChI is InChI=1S/C12H19NO/c1-4-14-12(9-13-3)11-7-5-10(2)6-8-11/h5-8,12-13H,4,9H2,1-3H3/t12-/m0/s1. The van der Waals surface area contributed by atoms with Crippen LogP contribution in [-0.4, -0.2) is 20.2 Å². The summed E-state index contributed by atoms with van der Waals surface area (Å²) in [5, 5.41) is 3.14. The second-order valence-electron chi connectivity index (χ2n) is 3.41. The molecule has 0 radical (unpaired) electrons. The van der Waals surface area contributed by atoms with Crippen LogP contribution in [-0.2, 0) is 4.74 Å². The van der Waals surface area contributed by atoms with Crippen LogP contribution in [0, 0.1) is 6.92 Å². The molecule has 0 aliphatic heterocycles. The lowest BCUT2D eigenvalue weighted by atomic mass is 10.1. The number of rotatable bonds is 5. The van der Waals surface area contributed by atoms with Gasteiger partial charge in [0.1, 0.15) is 0 Å². The molecule has 0 saturated heterocycles. The van der Waals surface area contributed by atoms with E-state index in [1.165, 1.54) is 11.1 Å². The van der Waals surface area contributed by atoms with Gasteiger partial charge in [0.15, 0.2) is 0 Å². The minimum absolute atomic E-state index is 0.172. The zero-order valence-corrected chi connectivity index (χ0v) is 9.21. The Balaban J connectivity index is 2.71. The third-order valence-electron chi connectivity index (χ3n) is 2.21. The Morgan fingerprint density at radius 3 is 2.43 bits per heavy atom. The maximum absolute atomic E-state index is 5.65. The first kappa shape index (κ1) is 11.2. The smallest absolute Gasteiger partial charge is 0.0948 e. The molecule has 78 valence electrons. The Morgan fingerprint density at radius 2 is 1.93 bits per heavy atom. The van der Waals surface area contributed by atoms with Crippen LogP contribution < -0.4 is 5.32 Å². The fourth-order valence-corrected chi connectivity index (χ4v) is 1.44. The van der Waals surface area contributed by atoms with Gasteiger partial charge in [-0.25, -0.2) is 0 Å². The van der Waals surface area contributed by atoms with Crippen molar-refractivity contribution in [1.29, 1.82) is 0 Å². The maximum Gasteiger partial charge on any atom is 0.0948 e. The highest BCUT2D eigenvalue weighted by Gasteiger charge is 2.09. The van der Waals surface area contributed by atoms with Crippen molar-refractivity contribution >= 4 is 0 Å². The van der Waals surface area contributed by atoms with Crippen LogP contribution >= 0.6 is 0 Å². The SMILES string of the molecule is CCO[C@@H](CNC)c1ccc(C)cc1. The van der Waals surface area contributed by atoms with Crippen molar-refractivity contribution in [2.75, 3.05) is 20.2 Å². The van der Waals surface area contributed by atoms with Crippen LogP contribution in [0.1, 0.15) is 24.2 Å². The van der Waals surface area contributed by atoms with E-state index in [9.17, 15) is 0 Å². The van der Waals surface area contributed by atoms with Crippen molar-refractivity contribution in [3.05, 3.63) is 35.4 Å². The summed E-state index contributed by atoms with van der Waals surface area (Å²) in [6.45, 7) is 5.73. The van der Waals surface area contributed by atoms with Crippen molar-refractivity contribution < 1.29 is 4.74 Å². The van der Waals surface area contributed by atoms with E-state index in [4.69, 9.17) is 4.74 Å². The largest absolute Gasteiger partial charge is 0.372 e. The quantitative estimate of drug-likeness (QED) is 0.774. The van der Waals surface area contributed by atoms with Gasteiger partial charge < -0.3 is 10.1 Å². The van der Waals surface area contributed by atoms with E-state index in [1.54, 1.807) is 0 Å². The molecule has 0 saturated carbocycles. The Bertz CT molecular complexity index is 250. The molecule has 2 heteroatoms. The molecular weight excluding hydrogens is 174 g/mol.